The lowest BCUT2D eigenvalue weighted by atomic mass is 9.98. The Morgan fingerprint density at radius 3 is 2.44 bits per heavy atom. The lowest BCUT2D eigenvalue weighted by molar-refractivity contribution is -0.142. The number of benzene rings is 1. The number of β-lactam (4-membered cyclic amide) rings is 1. The fourth-order valence-corrected chi connectivity index (χ4v) is 1.86. The first kappa shape index (κ1) is 10.8. The smallest absolute Gasteiger partial charge is 0.259 e. The van der Waals surface area contributed by atoms with Crippen molar-refractivity contribution in [1.29, 1.82) is 0 Å². The summed E-state index contributed by atoms with van der Waals surface area (Å²) in [5, 5.41) is 0. The van der Waals surface area contributed by atoms with Gasteiger partial charge in [0.15, 0.2) is 6.10 Å². The second-order valence-electron chi connectivity index (χ2n) is 3.83. The predicted molar refractivity (Wildman–Crippen MR) is 59.3 cm³/mol. The summed E-state index contributed by atoms with van der Waals surface area (Å²) in [5.41, 5.74) is 1.85. The maximum absolute atomic E-state index is 11.7. The number of aryl methyl sites for hydroxylation is 1. The molecule has 0 spiro atoms. The van der Waals surface area contributed by atoms with Crippen molar-refractivity contribution in [3.05, 3.63) is 29.8 Å². The van der Waals surface area contributed by atoms with Gasteiger partial charge in [-0.1, -0.05) is 17.7 Å². The highest BCUT2D eigenvalue weighted by atomic mass is 16.5. The number of methoxy groups -OCH3 is 1. The number of hydrogen-bond acceptors (Lipinski definition) is 3. The third-order valence-corrected chi connectivity index (χ3v) is 2.79. The fraction of sp³-hybridized carbons (Fsp3) is 0.333. The van der Waals surface area contributed by atoms with Crippen molar-refractivity contribution in [2.75, 3.05) is 12.0 Å². The second kappa shape index (κ2) is 4.06. The zero-order valence-corrected chi connectivity index (χ0v) is 9.21. The molecule has 4 heteroatoms. The van der Waals surface area contributed by atoms with Crippen LogP contribution in [0.2, 0.25) is 0 Å². The van der Waals surface area contributed by atoms with E-state index in [1.807, 2.05) is 31.2 Å². The Bertz CT molecular complexity index is 413. The number of carbonyl (C=O) groups is 2. The molecule has 84 valence electrons. The molecule has 1 saturated heterocycles. The maximum Gasteiger partial charge on any atom is 0.259 e. The van der Waals surface area contributed by atoms with E-state index in [-0.39, 0.29) is 5.91 Å². The molecule has 0 aromatic heterocycles. The van der Waals surface area contributed by atoms with Crippen LogP contribution in [0.25, 0.3) is 0 Å². The molecule has 0 aliphatic carbocycles. The number of carbonyl (C=O) groups excluding carboxylic acids is 2. The molecule has 1 aromatic rings. The molecule has 1 aliphatic heterocycles. The van der Waals surface area contributed by atoms with Gasteiger partial charge < -0.3 is 9.53 Å². The Hall–Kier alpha value is -1.68. The first-order valence-electron chi connectivity index (χ1n) is 5.07. The quantitative estimate of drug-likeness (QED) is 0.561. The van der Waals surface area contributed by atoms with Gasteiger partial charge in [-0.05, 0) is 19.1 Å². The number of nitrogens with zero attached hydrogens (tertiary/aromatic N) is 1. The topological polar surface area (TPSA) is 46.6 Å². The van der Waals surface area contributed by atoms with Gasteiger partial charge in [-0.25, -0.2) is 0 Å². The number of rotatable bonds is 3. The van der Waals surface area contributed by atoms with E-state index >= 15 is 0 Å². The van der Waals surface area contributed by atoms with E-state index in [2.05, 4.69) is 0 Å². The van der Waals surface area contributed by atoms with Crippen LogP contribution in [0, 0.1) is 6.92 Å². The third kappa shape index (κ3) is 1.51. The van der Waals surface area contributed by atoms with Crippen LogP contribution in [0.3, 0.4) is 0 Å². The SMILES string of the molecule is COC1C(=O)N(c2ccc(C)cc2)C1C=O. The van der Waals surface area contributed by atoms with Gasteiger partial charge in [0.05, 0.1) is 0 Å². The monoisotopic (exact) mass is 219 g/mol. The molecule has 2 atom stereocenters. The average Bonchev–Trinajstić information content (AvgIpc) is 2.29. The zero-order valence-electron chi connectivity index (χ0n) is 9.21. The molecule has 1 aromatic carbocycles. The van der Waals surface area contributed by atoms with E-state index in [0.29, 0.717) is 0 Å². The van der Waals surface area contributed by atoms with Crippen LogP contribution in [0.4, 0.5) is 5.69 Å². The van der Waals surface area contributed by atoms with Crippen molar-refractivity contribution in [2.24, 2.45) is 0 Å². The largest absolute Gasteiger partial charge is 0.369 e. The maximum atomic E-state index is 11.7. The van der Waals surface area contributed by atoms with Gasteiger partial charge in [0.2, 0.25) is 0 Å². The van der Waals surface area contributed by atoms with Crippen molar-refractivity contribution in [2.45, 2.75) is 19.1 Å². The zero-order chi connectivity index (χ0) is 11.7. The molecule has 0 N–H and O–H groups in total. The Labute approximate surface area is 93.8 Å². The van der Waals surface area contributed by atoms with E-state index in [9.17, 15) is 9.59 Å². The summed E-state index contributed by atoms with van der Waals surface area (Å²) < 4.78 is 4.95. The number of hydrogen-bond donors (Lipinski definition) is 0. The summed E-state index contributed by atoms with van der Waals surface area (Å²) in [4.78, 5) is 24.0. The van der Waals surface area contributed by atoms with E-state index in [1.54, 1.807) is 0 Å². The normalized spacial score (nSPS) is 24.1. The van der Waals surface area contributed by atoms with Crippen molar-refractivity contribution in [3.8, 4) is 0 Å². The molecular weight excluding hydrogens is 206 g/mol. The van der Waals surface area contributed by atoms with E-state index < -0.39 is 12.1 Å². The van der Waals surface area contributed by atoms with E-state index in [0.717, 1.165) is 17.5 Å². The molecule has 1 heterocycles. The summed E-state index contributed by atoms with van der Waals surface area (Å²) in [6.07, 6.45) is 0.119. The average molecular weight is 219 g/mol. The van der Waals surface area contributed by atoms with Crippen LogP contribution < -0.4 is 4.90 Å². The highest BCUT2D eigenvalue weighted by Gasteiger charge is 2.48. The standard InChI is InChI=1S/C12H13NO3/c1-8-3-5-9(6-4-8)13-10(7-14)11(16-2)12(13)15/h3-7,10-11H,1-2H3. The molecule has 0 radical (unpaired) electrons. The number of amides is 1. The first-order chi connectivity index (χ1) is 7.69. The Balaban J connectivity index is 2.25. The Morgan fingerprint density at radius 1 is 1.31 bits per heavy atom. The van der Waals surface area contributed by atoms with Crippen LogP contribution in [-0.4, -0.2) is 31.4 Å². The molecule has 4 nitrogen and oxygen atoms in total. The lowest BCUT2D eigenvalue weighted by Crippen LogP contribution is -2.66. The van der Waals surface area contributed by atoms with Crippen LogP contribution in [-0.2, 0) is 14.3 Å². The van der Waals surface area contributed by atoms with Crippen molar-refractivity contribution < 1.29 is 14.3 Å². The molecule has 2 unspecified atom stereocenters. The molecule has 16 heavy (non-hydrogen) atoms. The summed E-state index contributed by atoms with van der Waals surface area (Å²) in [6.45, 7) is 1.97. The van der Waals surface area contributed by atoms with Crippen LogP contribution in [0.15, 0.2) is 24.3 Å². The summed E-state index contributed by atoms with van der Waals surface area (Å²) in [5.74, 6) is -0.163. The number of aldehydes is 1. The van der Waals surface area contributed by atoms with Gasteiger partial charge in [-0.15, -0.1) is 0 Å². The lowest BCUT2D eigenvalue weighted by Gasteiger charge is -2.42. The molecule has 1 fully saturated rings. The molecule has 1 aliphatic rings. The second-order valence-corrected chi connectivity index (χ2v) is 3.83. The predicted octanol–water partition coefficient (Wildman–Crippen LogP) is 0.924. The van der Waals surface area contributed by atoms with Crippen LogP contribution in [0.1, 0.15) is 5.56 Å². The van der Waals surface area contributed by atoms with E-state index in [4.69, 9.17) is 4.74 Å². The Kier molecular flexibility index (Phi) is 2.75. The highest BCUT2D eigenvalue weighted by Crippen LogP contribution is 2.28. The van der Waals surface area contributed by atoms with Gasteiger partial charge >= 0.3 is 0 Å². The highest BCUT2D eigenvalue weighted by molar-refractivity contribution is 6.10. The van der Waals surface area contributed by atoms with Crippen molar-refractivity contribution >= 4 is 17.9 Å². The third-order valence-electron chi connectivity index (χ3n) is 2.79. The number of ether oxygens (including phenoxy) is 1. The minimum Gasteiger partial charge on any atom is -0.369 e. The molecule has 0 saturated carbocycles. The van der Waals surface area contributed by atoms with Gasteiger partial charge in [0.1, 0.15) is 12.3 Å². The number of anilines is 1. The summed E-state index contributed by atoms with van der Waals surface area (Å²) in [6, 6.07) is 6.97. The molecular formula is C12H13NO3. The van der Waals surface area contributed by atoms with E-state index in [1.165, 1.54) is 12.0 Å². The van der Waals surface area contributed by atoms with Gasteiger partial charge in [0.25, 0.3) is 5.91 Å². The minimum absolute atomic E-state index is 0.163. The summed E-state index contributed by atoms with van der Waals surface area (Å²) in [7, 11) is 1.44. The van der Waals surface area contributed by atoms with Gasteiger partial charge in [0, 0.05) is 12.8 Å². The van der Waals surface area contributed by atoms with Gasteiger partial charge in [-0.3, -0.25) is 9.69 Å². The summed E-state index contributed by atoms with van der Waals surface area (Å²) >= 11 is 0. The molecule has 0 bridgehead atoms. The fourth-order valence-electron chi connectivity index (χ4n) is 1.86. The Morgan fingerprint density at radius 2 is 1.94 bits per heavy atom. The van der Waals surface area contributed by atoms with Crippen LogP contribution >= 0.6 is 0 Å². The first-order valence-corrected chi connectivity index (χ1v) is 5.07. The van der Waals surface area contributed by atoms with Crippen molar-refractivity contribution in [3.63, 3.8) is 0 Å². The van der Waals surface area contributed by atoms with Crippen LogP contribution in [0.5, 0.6) is 0 Å². The molecule has 1 amide bonds. The molecule has 2 rings (SSSR count). The minimum atomic E-state index is -0.626. The van der Waals surface area contributed by atoms with Gasteiger partial charge in [-0.2, -0.15) is 0 Å². The van der Waals surface area contributed by atoms with Crippen molar-refractivity contribution in [1.82, 2.24) is 0 Å².